The lowest BCUT2D eigenvalue weighted by Gasteiger charge is -2.44. The normalized spacial score (nSPS) is 22.2. The average molecular weight is 548 g/mol. The number of benzene rings is 3. The number of non-ortho nitro benzene ring substituents is 1. The summed E-state index contributed by atoms with van der Waals surface area (Å²) in [6.07, 6.45) is -0.468. The highest BCUT2D eigenvalue weighted by molar-refractivity contribution is 6.11. The highest BCUT2D eigenvalue weighted by atomic mass is 16.6. The topological polar surface area (TPSA) is 157 Å². The molecule has 3 aromatic carbocycles. The zero-order chi connectivity index (χ0) is 29.0. The summed E-state index contributed by atoms with van der Waals surface area (Å²) in [5.41, 5.74) is -1.10. The van der Waals surface area contributed by atoms with Crippen LogP contribution >= 0.6 is 0 Å². The fourth-order valence-electron chi connectivity index (χ4n) is 5.23. The number of Topliss-reactive ketones (excluding diaryl/α,β-unsaturated/α-hetero) is 1. The number of methoxy groups -OCH3 is 2. The lowest BCUT2D eigenvalue weighted by Crippen LogP contribution is -2.56. The average Bonchev–Trinajstić information content (AvgIpc) is 2.92. The molecule has 3 aromatic rings. The molecule has 11 nitrogen and oxygen atoms in total. The van der Waals surface area contributed by atoms with E-state index in [1.165, 1.54) is 45.4 Å². The van der Waals surface area contributed by atoms with E-state index in [1.807, 2.05) is 0 Å². The van der Waals surface area contributed by atoms with Gasteiger partial charge in [0.1, 0.15) is 23.2 Å². The first-order chi connectivity index (χ1) is 19.1. The molecule has 0 spiro atoms. The SMILES string of the molecule is COc1ccccc1NC(=O)C1C(=O)CC(C)(O)C(C(=O)Nc2ccccc2OC)C1c1ccc([N+](=O)[O-])cc1. The van der Waals surface area contributed by atoms with Gasteiger partial charge in [-0.25, -0.2) is 0 Å². The summed E-state index contributed by atoms with van der Waals surface area (Å²) in [7, 11) is 2.88. The molecule has 0 bridgehead atoms. The van der Waals surface area contributed by atoms with Gasteiger partial charge in [-0.2, -0.15) is 0 Å². The molecule has 0 radical (unpaired) electrons. The maximum absolute atomic E-state index is 13.8. The number of nitro benzene ring substituents is 1. The number of nitro groups is 1. The van der Waals surface area contributed by atoms with Gasteiger partial charge in [0.2, 0.25) is 11.8 Å². The summed E-state index contributed by atoms with van der Waals surface area (Å²) < 4.78 is 10.6. The van der Waals surface area contributed by atoms with Gasteiger partial charge >= 0.3 is 0 Å². The third-order valence-corrected chi connectivity index (χ3v) is 7.05. The van der Waals surface area contributed by atoms with Crippen LogP contribution in [0.5, 0.6) is 11.5 Å². The predicted octanol–water partition coefficient (Wildman–Crippen LogP) is 3.93. The van der Waals surface area contributed by atoms with Gasteiger partial charge in [-0.3, -0.25) is 24.5 Å². The molecule has 1 aliphatic rings. The van der Waals surface area contributed by atoms with Crippen LogP contribution in [0.2, 0.25) is 0 Å². The summed E-state index contributed by atoms with van der Waals surface area (Å²) in [4.78, 5) is 51.7. The van der Waals surface area contributed by atoms with E-state index in [0.29, 0.717) is 28.4 Å². The van der Waals surface area contributed by atoms with Crippen molar-refractivity contribution in [2.45, 2.75) is 24.9 Å². The van der Waals surface area contributed by atoms with E-state index < -0.39 is 52.3 Å². The van der Waals surface area contributed by atoms with Crippen molar-refractivity contribution < 1.29 is 33.9 Å². The highest BCUT2D eigenvalue weighted by Gasteiger charge is 2.56. The Bertz CT molecular complexity index is 1440. The van der Waals surface area contributed by atoms with Gasteiger partial charge in [0, 0.05) is 24.5 Å². The highest BCUT2D eigenvalue weighted by Crippen LogP contribution is 2.47. The number of nitrogens with one attached hydrogen (secondary N) is 2. The minimum Gasteiger partial charge on any atom is -0.495 e. The Labute approximate surface area is 230 Å². The van der Waals surface area contributed by atoms with Crippen molar-refractivity contribution in [3.8, 4) is 11.5 Å². The van der Waals surface area contributed by atoms with Crippen LogP contribution in [0.25, 0.3) is 0 Å². The van der Waals surface area contributed by atoms with Gasteiger partial charge in [-0.15, -0.1) is 0 Å². The van der Waals surface area contributed by atoms with E-state index in [9.17, 15) is 29.6 Å². The molecule has 3 N–H and O–H groups in total. The molecule has 1 saturated carbocycles. The largest absolute Gasteiger partial charge is 0.495 e. The van der Waals surface area contributed by atoms with Crippen LogP contribution in [0.3, 0.4) is 0 Å². The number of para-hydroxylation sites is 4. The number of carbonyl (C=O) groups excluding carboxylic acids is 3. The maximum Gasteiger partial charge on any atom is 0.269 e. The number of nitrogens with zero attached hydrogens (tertiary/aromatic N) is 1. The van der Waals surface area contributed by atoms with Gasteiger partial charge in [0.25, 0.3) is 5.69 Å². The molecule has 0 aliphatic heterocycles. The summed E-state index contributed by atoms with van der Waals surface area (Å²) >= 11 is 0. The lowest BCUT2D eigenvalue weighted by atomic mass is 9.61. The smallest absolute Gasteiger partial charge is 0.269 e. The van der Waals surface area contributed by atoms with Crippen LogP contribution in [0.4, 0.5) is 17.1 Å². The predicted molar refractivity (Wildman–Crippen MR) is 146 cm³/mol. The summed E-state index contributed by atoms with van der Waals surface area (Å²) in [6.45, 7) is 1.37. The Kier molecular flexibility index (Phi) is 8.15. The summed E-state index contributed by atoms with van der Waals surface area (Å²) in [5.74, 6) is -5.07. The number of hydrogen-bond donors (Lipinski definition) is 3. The Balaban J connectivity index is 1.80. The first kappa shape index (κ1) is 28.2. The van der Waals surface area contributed by atoms with Crippen LogP contribution in [0.15, 0.2) is 72.8 Å². The Hall–Kier alpha value is -4.77. The quantitative estimate of drug-likeness (QED) is 0.218. The Morgan fingerprint density at radius 2 is 1.40 bits per heavy atom. The third kappa shape index (κ3) is 5.64. The molecule has 0 aromatic heterocycles. The molecule has 1 fully saturated rings. The van der Waals surface area contributed by atoms with E-state index in [0.717, 1.165) is 0 Å². The minimum absolute atomic E-state index is 0.206. The molecule has 4 atom stereocenters. The van der Waals surface area contributed by atoms with E-state index in [2.05, 4.69) is 10.6 Å². The fraction of sp³-hybridized carbons (Fsp3) is 0.276. The molecule has 208 valence electrons. The molecular formula is C29H29N3O8. The molecule has 4 rings (SSSR count). The van der Waals surface area contributed by atoms with Crippen LogP contribution in [0.1, 0.15) is 24.8 Å². The fourth-order valence-corrected chi connectivity index (χ4v) is 5.23. The number of aliphatic hydroxyl groups is 1. The number of anilines is 2. The first-order valence-electron chi connectivity index (χ1n) is 12.4. The van der Waals surface area contributed by atoms with Gasteiger partial charge < -0.3 is 25.2 Å². The Morgan fingerprint density at radius 1 is 0.900 bits per heavy atom. The second kappa shape index (κ2) is 11.5. The van der Waals surface area contributed by atoms with E-state index in [-0.39, 0.29) is 5.69 Å². The molecule has 0 saturated heterocycles. The molecule has 0 heterocycles. The molecule has 1 aliphatic carbocycles. The van der Waals surface area contributed by atoms with Crippen LogP contribution in [0, 0.1) is 22.0 Å². The van der Waals surface area contributed by atoms with Crippen molar-refractivity contribution in [1.29, 1.82) is 0 Å². The molecule has 11 heteroatoms. The van der Waals surface area contributed by atoms with Crippen molar-refractivity contribution in [3.63, 3.8) is 0 Å². The molecular weight excluding hydrogens is 518 g/mol. The number of ether oxygens (including phenoxy) is 2. The molecule has 4 unspecified atom stereocenters. The monoisotopic (exact) mass is 547 g/mol. The van der Waals surface area contributed by atoms with Gasteiger partial charge in [-0.1, -0.05) is 36.4 Å². The standard InChI is InChI=1S/C29H29N3O8/c1-29(36)16-21(33)25(27(34)30-19-8-4-6-10-22(19)39-2)24(17-12-14-18(15-13-17)32(37)38)26(29)28(35)31-20-9-5-7-11-23(20)40-3/h4-15,24-26,36H,16H2,1-3H3,(H,30,34)(H,31,35). The van der Waals surface area contributed by atoms with E-state index in [4.69, 9.17) is 9.47 Å². The number of hydrogen-bond acceptors (Lipinski definition) is 8. The lowest BCUT2D eigenvalue weighted by molar-refractivity contribution is -0.384. The van der Waals surface area contributed by atoms with Crippen molar-refractivity contribution in [1.82, 2.24) is 0 Å². The van der Waals surface area contributed by atoms with Gasteiger partial charge in [0.05, 0.1) is 42.0 Å². The van der Waals surface area contributed by atoms with Crippen molar-refractivity contribution in [2.75, 3.05) is 24.9 Å². The van der Waals surface area contributed by atoms with Crippen molar-refractivity contribution in [2.24, 2.45) is 11.8 Å². The second-order valence-electron chi connectivity index (χ2n) is 9.71. The number of ketones is 1. The van der Waals surface area contributed by atoms with Crippen LogP contribution in [-0.4, -0.2) is 47.4 Å². The zero-order valence-electron chi connectivity index (χ0n) is 22.1. The van der Waals surface area contributed by atoms with Crippen molar-refractivity contribution in [3.05, 3.63) is 88.5 Å². The van der Waals surface area contributed by atoms with Crippen LogP contribution < -0.4 is 20.1 Å². The van der Waals surface area contributed by atoms with Gasteiger partial charge in [-0.05, 0) is 36.8 Å². The van der Waals surface area contributed by atoms with Crippen molar-refractivity contribution >= 4 is 34.7 Å². The number of amides is 2. The van der Waals surface area contributed by atoms with E-state index >= 15 is 0 Å². The molecule has 40 heavy (non-hydrogen) atoms. The van der Waals surface area contributed by atoms with Crippen LogP contribution in [-0.2, 0) is 14.4 Å². The number of carbonyl (C=O) groups is 3. The second-order valence-corrected chi connectivity index (χ2v) is 9.71. The number of rotatable bonds is 8. The minimum atomic E-state index is -1.85. The Morgan fingerprint density at radius 3 is 1.90 bits per heavy atom. The maximum atomic E-state index is 13.8. The van der Waals surface area contributed by atoms with E-state index in [1.54, 1.807) is 48.5 Å². The summed E-state index contributed by atoms with van der Waals surface area (Å²) in [5, 5.41) is 28.2. The van der Waals surface area contributed by atoms with Gasteiger partial charge in [0.15, 0.2) is 0 Å². The molecule has 2 amide bonds. The first-order valence-corrected chi connectivity index (χ1v) is 12.4. The zero-order valence-corrected chi connectivity index (χ0v) is 22.1. The summed E-state index contributed by atoms with van der Waals surface area (Å²) in [6, 6.07) is 18.6. The third-order valence-electron chi connectivity index (χ3n) is 7.05.